The van der Waals surface area contributed by atoms with Gasteiger partial charge >= 0.3 is 0 Å². The molecule has 0 saturated heterocycles. The molecule has 2 N–H and O–H groups in total. The van der Waals surface area contributed by atoms with Gasteiger partial charge in [-0.25, -0.2) is 0 Å². The molecular weight excluding hydrogens is 206 g/mol. The van der Waals surface area contributed by atoms with Crippen LogP contribution in [-0.4, -0.2) is 6.04 Å². The third kappa shape index (κ3) is 5.50. The second-order valence-electron chi connectivity index (χ2n) is 4.13. The molecule has 1 heteroatoms. The molecule has 94 valence electrons. The van der Waals surface area contributed by atoms with Gasteiger partial charge in [-0.2, -0.15) is 0 Å². The molecule has 17 heavy (non-hydrogen) atoms. The van der Waals surface area contributed by atoms with Crippen molar-refractivity contribution in [3.8, 4) is 0 Å². The molecule has 0 aliphatic carbocycles. The Kier molecular flexibility index (Phi) is 7.24. The molecule has 1 nitrogen and oxygen atoms in total. The summed E-state index contributed by atoms with van der Waals surface area (Å²) in [6.45, 7) is 15.7. The Balaban J connectivity index is 0.00000121. The van der Waals surface area contributed by atoms with E-state index in [1.54, 1.807) is 0 Å². The van der Waals surface area contributed by atoms with E-state index < -0.39 is 0 Å². The van der Waals surface area contributed by atoms with Gasteiger partial charge in [0.05, 0.1) is 0 Å². The molecule has 0 heterocycles. The largest absolute Gasteiger partial charge is 0.324 e. The number of benzene rings is 1. The summed E-state index contributed by atoms with van der Waals surface area (Å²) in [4.78, 5) is 0. The van der Waals surface area contributed by atoms with Crippen LogP contribution in [0.1, 0.15) is 38.8 Å². The van der Waals surface area contributed by atoms with E-state index in [4.69, 9.17) is 5.73 Å². The molecule has 1 aromatic carbocycles. The summed E-state index contributed by atoms with van der Waals surface area (Å²) in [5.74, 6) is 0. The highest BCUT2D eigenvalue weighted by molar-refractivity contribution is 5.61. The minimum absolute atomic E-state index is 0.0562. The van der Waals surface area contributed by atoms with E-state index in [0.29, 0.717) is 0 Å². The van der Waals surface area contributed by atoms with Crippen LogP contribution in [0.25, 0.3) is 5.57 Å². The number of rotatable bonds is 4. The van der Waals surface area contributed by atoms with Gasteiger partial charge in [-0.1, -0.05) is 62.4 Å². The van der Waals surface area contributed by atoms with E-state index in [0.717, 1.165) is 17.6 Å². The van der Waals surface area contributed by atoms with Gasteiger partial charge in [0.2, 0.25) is 0 Å². The highest BCUT2D eigenvalue weighted by Crippen LogP contribution is 2.14. The first kappa shape index (κ1) is 15.7. The van der Waals surface area contributed by atoms with E-state index in [9.17, 15) is 0 Å². The van der Waals surface area contributed by atoms with Gasteiger partial charge in [0.25, 0.3) is 0 Å². The molecule has 0 aromatic heterocycles. The van der Waals surface area contributed by atoms with Gasteiger partial charge < -0.3 is 5.73 Å². The summed E-state index contributed by atoms with van der Waals surface area (Å²) >= 11 is 0. The van der Waals surface area contributed by atoms with Crippen LogP contribution >= 0.6 is 0 Å². The van der Waals surface area contributed by atoms with Crippen LogP contribution in [0, 0.1) is 0 Å². The van der Waals surface area contributed by atoms with Crippen molar-refractivity contribution in [2.75, 3.05) is 0 Å². The van der Waals surface area contributed by atoms with Crippen molar-refractivity contribution in [2.24, 2.45) is 5.73 Å². The number of hydrogen-bond donors (Lipinski definition) is 1. The van der Waals surface area contributed by atoms with Crippen molar-refractivity contribution in [3.05, 3.63) is 54.1 Å². The molecule has 1 rings (SSSR count). The fourth-order valence-corrected chi connectivity index (χ4v) is 1.35. The molecule has 0 spiro atoms. The van der Waals surface area contributed by atoms with Gasteiger partial charge in [-0.15, -0.1) is 0 Å². The minimum Gasteiger partial charge on any atom is -0.324 e. The lowest BCUT2D eigenvalue weighted by Crippen LogP contribution is -2.23. The molecule has 0 bridgehead atoms. The van der Waals surface area contributed by atoms with Gasteiger partial charge in [0.1, 0.15) is 0 Å². The lowest BCUT2D eigenvalue weighted by molar-refractivity contribution is 0.766. The Labute approximate surface area is 106 Å². The third-order valence-electron chi connectivity index (χ3n) is 2.54. The monoisotopic (exact) mass is 231 g/mol. The normalized spacial score (nSPS) is 11.1. The summed E-state index contributed by atoms with van der Waals surface area (Å²) in [6.07, 6.45) is 0.853. The summed E-state index contributed by atoms with van der Waals surface area (Å²) in [5.41, 5.74) is 10.5. The van der Waals surface area contributed by atoms with Gasteiger partial charge in [-0.3, -0.25) is 0 Å². The standard InChI is InChI=1S/C14H19N.C2H6/c1-10(2)13-7-5-12(6-8-13)9-14(15)11(3)4;1-2/h5-8,14H,1,3,9,15H2,2,4H3;1-2H3. The Bertz CT molecular complexity index is 360. The fourth-order valence-electron chi connectivity index (χ4n) is 1.35. The van der Waals surface area contributed by atoms with Crippen LogP contribution in [0.5, 0.6) is 0 Å². The Morgan fingerprint density at radius 3 is 1.94 bits per heavy atom. The lowest BCUT2D eigenvalue weighted by Gasteiger charge is -2.11. The fraction of sp³-hybridized carbons (Fsp3) is 0.375. The van der Waals surface area contributed by atoms with E-state index in [1.807, 2.05) is 27.7 Å². The highest BCUT2D eigenvalue weighted by Gasteiger charge is 2.04. The zero-order valence-corrected chi connectivity index (χ0v) is 11.6. The molecule has 0 saturated carbocycles. The van der Waals surface area contributed by atoms with Crippen LogP contribution in [0.15, 0.2) is 43.0 Å². The maximum Gasteiger partial charge on any atom is 0.0289 e. The molecule has 0 fully saturated rings. The average molecular weight is 231 g/mol. The summed E-state index contributed by atoms with van der Waals surface area (Å²) in [7, 11) is 0. The first-order valence-electron chi connectivity index (χ1n) is 6.16. The van der Waals surface area contributed by atoms with Crippen LogP contribution in [0.2, 0.25) is 0 Å². The van der Waals surface area contributed by atoms with Gasteiger partial charge in [0.15, 0.2) is 0 Å². The predicted octanol–water partition coefficient (Wildman–Crippen LogP) is 4.19. The van der Waals surface area contributed by atoms with Gasteiger partial charge in [0, 0.05) is 6.04 Å². The molecule has 0 aliphatic rings. The molecule has 0 amide bonds. The van der Waals surface area contributed by atoms with Crippen LogP contribution in [0.4, 0.5) is 0 Å². The Morgan fingerprint density at radius 1 is 1.12 bits per heavy atom. The SMILES string of the molecule is C=C(C)c1ccc(CC(N)C(=C)C)cc1.CC. The minimum atomic E-state index is 0.0562. The topological polar surface area (TPSA) is 26.0 Å². The second-order valence-corrected chi connectivity index (χ2v) is 4.13. The summed E-state index contributed by atoms with van der Waals surface area (Å²) in [6, 6.07) is 8.44. The summed E-state index contributed by atoms with van der Waals surface area (Å²) in [5, 5.41) is 0. The highest BCUT2D eigenvalue weighted by atomic mass is 14.6. The molecule has 0 radical (unpaired) electrons. The van der Waals surface area contributed by atoms with Crippen LogP contribution < -0.4 is 5.73 Å². The molecule has 1 atom stereocenters. The average Bonchev–Trinajstić information content (AvgIpc) is 2.32. The maximum atomic E-state index is 5.93. The van der Waals surface area contributed by atoms with E-state index in [-0.39, 0.29) is 6.04 Å². The number of nitrogens with two attached hydrogens (primary N) is 1. The quantitative estimate of drug-likeness (QED) is 0.772. The van der Waals surface area contributed by atoms with E-state index in [1.165, 1.54) is 11.1 Å². The first-order chi connectivity index (χ1) is 8.00. The zero-order chi connectivity index (χ0) is 13.4. The lowest BCUT2D eigenvalue weighted by atomic mass is 9.99. The van der Waals surface area contributed by atoms with Crippen molar-refractivity contribution in [1.82, 2.24) is 0 Å². The van der Waals surface area contributed by atoms with Crippen molar-refractivity contribution < 1.29 is 0 Å². The van der Waals surface area contributed by atoms with E-state index in [2.05, 4.69) is 37.4 Å². The van der Waals surface area contributed by atoms with E-state index >= 15 is 0 Å². The van der Waals surface area contributed by atoms with Gasteiger partial charge in [-0.05, 0) is 31.4 Å². The summed E-state index contributed by atoms with van der Waals surface area (Å²) < 4.78 is 0. The molecule has 1 aromatic rings. The van der Waals surface area contributed by atoms with Crippen LogP contribution in [0.3, 0.4) is 0 Å². The second kappa shape index (κ2) is 7.86. The van der Waals surface area contributed by atoms with Crippen molar-refractivity contribution >= 4 is 5.57 Å². The van der Waals surface area contributed by atoms with Crippen LogP contribution in [-0.2, 0) is 6.42 Å². The molecule has 1 unspecified atom stereocenters. The molecule has 0 aliphatic heterocycles. The smallest absolute Gasteiger partial charge is 0.0289 e. The van der Waals surface area contributed by atoms with Crippen molar-refractivity contribution in [3.63, 3.8) is 0 Å². The molecular formula is C16H25N. The predicted molar refractivity (Wildman–Crippen MR) is 79.0 cm³/mol. The Morgan fingerprint density at radius 2 is 1.59 bits per heavy atom. The first-order valence-corrected chi connectivity index (χ1v) is 6.16. The number of allylic oxidation sites excluding steroid dienone is 1. The number of hydrogen-bond acceptors (Lipinski definition) is 1. The zero-order valence-electron chi connectivity index (χ0n) is 11.6. The van der Waals surface area contributed by atoms with Crippen molar-refractivity contribution in [2.45, 2.75) is 40.2 Å². The van der Waals surface area contributed by atoms with Crippen molar-refractivity contribution in [1.29, 1.82) is 0 Å². The Hall–Kier alpha value is -1.34. The third-order valence-corrected chi connectivity index (χ3v) is 2.54. The maximum absolute atomic E-state index is 5.93.